The van der Waals surface area contributed by atoms with Crippen molar-refractivity contribution in [2.75, 3.05) is 0 Å². The van der Waals surface area contributed by atoms with Gasteiger partial charge in [-0.3, -0.25) is 29.8 Å². The van der Waals surface area contributed by atoms with E-state index >= 15 is 0 Å². The summed E-state index contributed by atoms with van der Waals surface area (Å²) in [6.45, 7) is 0. The Bertz CT molecular complexity index is 462. The van der Waals surface area contributed by atoms with Gasteiger partial charge in [0.25, 0.3) is 11.5 Å². The summed E-state index contributed by atoms with van der Waals surface area (Å²) in [6, 6.07) is 0. The molecule has 0 heterocycles. The number of aliphatic hydroxyl groups is 2. The average molecular weight is 308 g/mol. The second-order valence-corrected chi connectivity index (χ2v) is 2.57. The fraction of sp³-hybridized carbons (Fsp3) is 0. The van der Waals surface area contributed by atoms with Crippen LogP contribution in [0, 0.1) is 20.2 Å². The topological polar surface area (TPSA) is 161 Å². The fourth-order valence-corrected chi connectivity index (χ4v) is 0.993. The fourth-order valence-electron chi connectivity index (χ4n) is 0.993. The van der Waals surface area contributed by atoms with Gasteiger partial charge in [0, 0.05) is 103 Å². The van der Waals surface area contributed by atoms with Crippen molar-refractivity contribution in [3.63, 3.8) is 0 Å². The predicted octanol–water partition coefficient (Wildman–Crippen LogP) is -1.53. The van der Waals surface area contributed by atoms with Crippen LogP contribution in [-0.4, -0.2) is 134 Å². The summed E-state index contributed by atoms with van der Waals surface area (Å²) >= 11 is 0. The minimum Gasteiger partial charge on any atom is -0.499 e. The normalized spacial score (nSPS) is 14.9. The third-order valence-corrected chi connectivity index (χ3v) is 1.67. The SMILES string of the molecule is O=C1C(O)=C([N+](=O)[O-])C(=O)C(O)=C1[N+](=O)[O-].[K].[K]. The van der Waals surface area contributed by atoms with Crippen LogP contribution in [0.1, 0.15) is 0 Å². The molecule has 0 fully saturated rings. The summed E-state index contributed by atoms with van der Waals surface area (Å²) in [6.07, 6.45) is 0. The Labute approximate surface area is 183 Å². The van der Waals surface area contributed by atoms with Crippen LogP contribution in [0.25, 0.3) is 0 Å². The number of hydrogen-bond donors (Lipinski definition) is 2. The van der Waals surface area contributed by atoms with Crippen LogP contribution in [0.4, 0.5) is 0 Å². The van der Waals surface area contributed by atoms with Gasteiger partial charge in [0.05, 0.1) is 9.85 Å². The molecule has 1 rings (SSSR count). The van der Waals surface area contributed by atoms with E-state index in [1.165, 1.54) is 0 Å². The number of nitrogens with zero attached hydrogens (tertiary/aromatic N) is 2. The van der Waals surface area contributed by atoms with Crippen molar-refractivity contribution in [1.82, 2.24) is 0 Å². The van der Waals surface area contributed by atoms with Gasteiger partial charge < -0.3 is 10.2 Å². The third-order valence-electron chi connectivity index (χ3n) is 1.67. The maximum Gasteiger partial charge on any atom is 0.366 e. The molecule has 0 aromatic carbocycles. The minimum atomic E-state index is -1.78. The van der Waals surface area contributed by atoms with E-state index in [0.29, 0.717) is 0 Å². The summed E-state index contributed by atoms with van der Waals surface area (Å²) in [5.41, 5.74) is -3.18. The smallest absolute Gasteiger partial charge is 0.366 e. The monoisotopic (exact) mass is 308 g/mol. The molecule has 2 N–H and O–H groups in total. The molecule has 0 aliphatic heterocycles. The molecular formula is C6H2K2N2O8. The predicted molar refractivity (Wildman–Crippen MR) is 54.8 cm³/mol. The number of rotatable bonds is 2. The van der Waals surface area contributed by atoms with Crippen molar-refractivity contribution in [3.8, 4) is 0 Å². The summed E-state index contributed by atoms with van der Waals surface area (Å²) in [5, 5.41) is 38.4. The Morgan fingerprint density at radius 1 is 0.778 bits per heavy atom. The molecule has 18 heavy (non-hydrogen) atoms. The summed E-state index contributed by atoms with van der Waals surface area (Å²) in [7, 11) is 0. The Kier molecular flexibility index (Phi) is 9.17. The zero-order chi connectivity index (χ0) is 12.6. The molecule has 0 saturated carbocycles. The Morgan fingerprint density at radius 2 is 1.00 bits per heavy atom. The van der Waals surface area contributed by atoms with E-state index in [0.717, 1.165) is 0 Å². The molecular weight excluding hydrogens is 306 g/mol. The largest absolute Gasteiger partial charge is 0.499 e. The Morgan fingerprint density at radius 3 is 1.17 bits per heavy atom. The first-order valence-electron chi connectivity index (χ1n) is 3.53. The average Bonchev–Trinajstić information content (AvgIpc) is 2.14. The van der Waals surface area contributed by atoms with E-state index in [1.807, 2.05) is 0 Å². The molecule has 86 valence electrons. The number of ketones is 2. The van der Waals surface area contributed by atoms with Crippen molar-refractivity contribution in [2.45, 2.75) is 0 Å². The molecule has 0 aromatic heterocycles. The first kappa shape index (κ1) is 20.8. The van der Waals surface area contributed by atoms with E-state index < -0.39 is 44.3 Å². The Hall–Kier alpha value is 0.493. The number of hydrogen-bond acceptors (Lipinski definition) is 8. The van der Waals surface area contributed by atoms with Crippen LogP contribution < -0.4 is 0 Å². The number of carbonyl (C=O) groups excluding carboxylic acids is 2. The van der Waals surface area contributed by atoms with E-state index in [9.17, 15) is 29.8 Å². The first-order valence-corrected chi connectivity index (χ1v) is 3.53. The van der Waals surface area contributed by atoms with Gasteiger partial charge in [0.1, 0.15) is 0 Å². The van der Waals surface area contributed by atoms with Gasteiger partial charge in [0.15, 0.2) is 0 Å². The quantitative estimate of drug-likeness (QED) is 0.269. The summed E-state index contributed by atoms with van der Waals surface area (Å²) < 4.78 is 0. The molecule has 0 saturated heterocycles. The summed E-state index contributed by atoms with van der Waals surface area (Å²) in [4.78, 5) is 39.7. The number of aliphatic hydroxyl groups excluding tert-OH is 2. The van der Waals surface area contributed by atoms with Crippen LogP contribution in [0.5, 0.6) is 0 Å². The van der Waals surface area contributed by atoms with Crippen LogP contribution in [-0.2, 0) is 9.59 Å². The molecule has 2 radical (unpaired) electrons. The molecule has 0 unspecified atom stereocenters. The molecule has 0 bridgehead atoms. The maximum absolute atomic E-state index is 11.0. The third kappa shape index (κ3) is 3.75. The molecule has 0 amide bonds. The van der Waals surface area contributed by atoms with Gasteiger partial charge in [-0.1, -0.05) is 0 Å². The van der Waals surface area contributed by atoms with Gasteiger partial charge in [-0.25, -0.2) is 0 Å². The first-order chi connectivity index (χ1) is 7.29. The molecule has 1 aliphatic rings. The van der Waals surface area contributed by atoms with Gasteiger partial charge in [-0.15, -0.1) is 0 Å². The van der Waals surface area contributed by atoms with E-state index in [1.54, 1.807) is 0 Å². The second kappa shape index (κ2) is 7.93. The molecule has 12 heteroatoms. The molecule has 0 spiro atoms. The van der Waals surface area contributed by atoms with Crippen molar-refractivity contribution < 1.29 is 29.6 Å². The minimum absolute atomic E-state index is 0. The van der Waals surface area contributed by atoms with Gasteiger partial charge in [0.2, 0.25) is 0 Å². The zero-order valence-electron chi connectivity index (χ0n) is 9.24. The van der Waals surface area contributed by atoms with Crippen molar-refractivity contribution >= 4 is 114 Å². The Balaban J connectivity index is 0. The van der Waals surface area contributed by atoms with Gasteiger partial charge in [-0.2, -0.15) is 0 Å². The molecule has 0 atom stereocenters. The van der Waals surface area contributed by atoms with Crippen LogP contribution in [0.3, 0.4) is 0 Å². The molecule has 1 aliphatic carbocycles. The second-order valence-electron chi connectivity index (χ2n) is 2.57. The van der Waals surface area contributed by atoms with Gasteiger partial charge >= 0.3 is 23.0 Å². The van der Waals surface area contributed by atoms with E-state index in [2.05, 4.69) is 0 Å². The summed E-state index contributed by atoms with van der Waals surface area (Å²) in [5.74, 6) is -6.90. The maximum atomic E-state index is 11.0. The molecule has 10 nitrogen and oxygen atoms in total. The van der Waals surface area contributed by atoms with Crippen LogP contribution in [0.15, 0.2) is 22.9 Å². The molecule has 0 aromatic rings. The number of carbonyl (C=O) groups is 2. The standard InChI is InChI=1S/C6H2N2O8.2K/c9-3-1(7(13)14)4(10)6(12)2(5(3)11)8(15)16;;/h9,12H;;. The van der Waals surface area contributed by atoms with Gasteiger partial charge in [-0.05, 0) is 0 Å². The van der Waals surface area contributed by atoms with E-state index in [-0.39, 0.29) is 103 Å². The van der Waals surface area contributed by atoms with E-state index in [4.69, 9.17) is 10.2 Å². The van der Waals surface area contributed by atoms with Crippen LogP contribution in [0.2, 0.25) is 0 Å². The van der Waals surface area contributed by atoms with Crippen molar-refractivity contribution in [3.05, 3.63) is 43.1 Å². The van der Waals surface area contributed by atoms with Crippen molar-refractivity contribution in [2.24, 2.45) is 0 Å². The van der Waals surface area contributed by atoms with Crippen molar-refractivity contribution in [1.29, 1.82) is 0 Å². The van der Waals surface area contributed by atoms with Crippen LogP contribution >= 0.6 is 0 Å². The number of nitro groups is 2. The number of Topliss-reactive ketones (excluding diaryl/α,β-unsaturated/α-hetero) is 2. The zero-order valence-corrected chi connectivity index (χ0v) is 15.5.